The fourth-order valence-corrected chi connectivity index (χ4v) is 2.89. The lowest BCUT2D eigenvalue weighted by atomic mass is 10.2. The first-order chi connectivity index (χ1) is 7.13. The second-order valence-electron chi connectivity index (χ2n) is 2.91. The van der Waals surface area contributed by atoms with Crippen molar-refractivity contribution in [2.45, 2.75) is 5.50 Å². The molecule has 80 valence electrons. The van der Waals surface area contributed by atoms with Crippen LogP contribution in [0.15, 0.2) is 11.5 Å². The molecule has 0 aliphatic carbocycles. The Balaban J connectivity index is 2.48. The van der Waals surface area contributed by atoms with Gasteiger partial charge in [-0.1, -0.05) is 23.2 Å². The molecule has 1 N–H and O–H groups in total. The minimum absolute atomic E-state index is 0.393. The van der Waals surface area contributed by atoms with Crippen LogP contribution in [0.2, 0.25) is 0 Å². The van der Waals surface area contributed by atoms with E-state index in [0.29, 0.717) is 16.3 Å². The highest BCUT2D eigenvalue weighted by molar-refractivity contribution is 7.13. The van der Waals surface area contributed by atoms with Crippen LogP contribution in [0, 0.1) is 0 Å². The summed E-state index contributed by atoms with van der Waals surface area (Å²) in [7, 11) is 1.34. The van der Waals surface area contributed by atoms with Gasteiger partial charge in [-0.3, -0.25) is 0 Å². The second kappa shape index (κ2) is 4.04. The van der Waals surface area contributed by atoms with Gasteiger partial charge in [0.1, 0.15) is 5.50 Å². The van der Waals surface area contributed by atoms with Gasteiger partial charge in [0.25, 0.3) is 0 Å². The Labute approximate surface area is 101 Å². The Morgan fingerprint density at radius 2 is 2.40 bits per heavy atom. The number of hydrogen-bond acceptors (Lipinski definition) is 4. The van der Waals surface area contributed by atoms with E-state index in [-0.39, 0.29) is 0 Å². The van der Waals surface area contributed by atoms with Crippen molar-refractivity contribution in [2.75, 3.05) is 12.4 Å². The van der Waals surface area contributed by atoms with Crippen molar-refractivity contribution in [1.82, 2.24) is 0 Å². The third kappa shape index (κ3) is 1.85. The zero-order chi connectivity index (χ0) is 11.0. The summed E-state index contributed by atoms with van der Waals surface area (Å²) in [5.41, 5.74) is 0.719. The van der Waals surface area contributed by atoms with E-state index in [1.54, 1.807) is 11.5 Å². The molecule has 0 bridgehead atoms. The maximum atomic E-state index is 11.4. The standard InChI is InChI=1S/C9H7Cl2NO2S/c1-14-9(13)4-3-15-8-5(10)2-6(11)12-7(4)8/h2-3,6,12H,1H3. The maximum Gasteiger partial charge on any atom is 0.340 e. The lowest BCUT2D eigenvalue weighted by Gasteiger charge is -2.17. The maximum absolute atomic E-state index is 11.4. The molecule has 15 heavy (non-hydrogen) atoms. The lowest BCUT2D eigenvalue weighted by Crippen LogP contribution is -2.16. The zero-order valence-electron chi connectivity index (χ0n) is 7.71. The van der Waals surface area contributed by atoms with Crippen LogP contribution in [0.25, 0.3) is 5.03 Å². The number of carbonyl (C=O) groups is 1. The number of anilines is 1. The van der Waals surface area contributed by atoms with Crippen LogP contribution in [-0.4, -0.2) is 18.6 Å². The largest absolute Gasteiger partial charge is 0.465 e. The SMILES string of the molecule is COC(=O)c1csc2c1NC(Cl)C=C2Cl. The highest BCUT2D eigenvalue weighted by Gasteiger charge is 2.24. The minimum Gasteiger partial charge on any atom is -0.465 e. The molecule has 1 unspecified atom stereocenters. The first kappa shape index (κ1) is 10.8. The highest BCUT2D eigenvalue weighted by Crippen LogP contribution is 2.40. The Morgan fingerprint density at radius 3 is 3.07 bits per heavy atom. The average molecular weight is 264 g/mol. The van der Waals surface area contributed by atoms with Crippen molar-refractivity contribution >= 4 is 51.2 Å². The lowest BCUT2D eigenvalue weighted by molar-refractivity contribution is 0.0602. The van der Waals surface area contributed by atoms with Crippen molar-refractivity contribution < 1.29 is 9.53 Å². The molecule has 1 atom stereocenters. The first-order valence-corrected chi connectivity index (χ1v) is 5.81. The molecule has 2 rings (SSSR count). The Bertz CT molecular complexity index is 441. The molecule has 6 heteroatoms. The minimum atomic E-state index is -0.400. The van der Waals surface area contributed by atoms with Gasteiger partial charge in [-0.05, 0) is 6.08 Å². The van der Waals surface area contributed by atoms with Gasteiger partial charge in [0, 0.05) is 5.38 Å². The molecule has 0 amide bonds. The van der Waals surface area contributed by atoms with Gasteiger partial charge in [0.2, 0.25) is 0 Å². The molecule has 0 spiro atoms. The molecule has 2 heterocycles. The van der Waals surface area contributed by atoms with Crippen molar-refractivity contribution in [3.8, 4) is 0 Å². The van der Waals surface area contributed by atoms with Gasteiger partial charge in [0.15, 0.2) is 0 Å². The molecular weight excluding hydrogens is 257 g/mol. The molecule has 0 saturated heterocycles. The van der Waals surface area contributed by atoms with Crippen LogP contribution in [0.5, 0.6) is 0 Å². The van der Waals surface area contributed by atoms with E-state index in [1.807, 2.05) is 0 Å². The molecule has 0 aromatic carbocycles. The van der Waals surface area contributed by atoms with Gasteiger partial charge in [-0.15, -0.1) is 11.3 Å². The molecule has 0 fully saturated rings. The van der Waals surface area contributed by atoms with Crippen molar-refractivity contribution in [1.29, 1.82) is 0 Å². The van der Waals surface area contributed by atoms with Gasteiger partial charge >= 0.3 is 5.97 Å². The normalized spacial score (nSPS) is 18.9. The fraction of sp³-hybridized carbons (Fsp3) is 0.222. The number of hydrogen-bond donors (Lipinski definition) is 1. The third-order valence-electron chi connectivity index (χ3n) is 1.99. The number of thiophene rings is 1. The van der Waals surface area contributed by atoms with Crippen molar-refractivity contribution in [3.63, 3.8) is 0 Å². The number of nitrogens with one attached hydrogen (secondary N) is 1. The van der Waals surface area contributed by atoms with E-state index in [9.17, 15) is 4.79 Å². The highest BCUT2D eigenvalue weighted by atomic mass is 35.5. The molecule has 1 aliphatic rings. The summed E-state index contributed by atoms with van der Waals surface area (Å²) in [6.07, 6.45) is 1.68. The zero-order valence-corrected chi connectivity index (χ0v) is 10.0. The Morgan fingerprint density at radius 1 is 1.67 bits per heavy atom. The van der Waals surface area contributed by atoms with Gasteiger partial charge in [-0.2, -0.15) is 0 Å². The monoisotopic (exact) mass is 263 g/mol. The second-order valence-corrected chi connectivity index (χ2v) is 4.66. The first-order valence-electron chi connectivity index (χ1n) is 4.11. The smallest absolute Gasteiger partial charge is 0.340 e. The Hall–Kier alpha value is -0.710. The van der Waals surface area contributed by atoms with E-state index in [2.05, 4.69) is 10.1 Å². The number of ether oxygens (including phenoxy) is 1. The number of rotatable bonds is 1. The van der Waals surface area contributed by atoms with Crippen LogP contribution in [0.4, 0.5) is 5.69 Å². The number of halogens is 2. The Kier molecular flexibility index (Phi) is 2.91. The molecular formula is C9H7Cl2NO2S. The predicted molar refractivity (Wildman–Crippen MR) is 62.8 cm³/mol. The van der Waals surface area contributed by atoms with E-state index in [0.717, 1.165) is 4.88 Å². The van der Waals surface area contributed by atoms with Crippen LogP contribution in [0.3, 0.4) is 0 Å². The van der Waals surface area contributed by atoms with Crippen LogP contribution >= 0.6 is 34.5 Å². The number of methoxy groups -OCH3 is 1. The predicted octanol–water partition coefficient (Wildman–Crippen LogP) is 3.10. The van der Waals surface area contributed by atoms with Crippen LogP contribution < -0.4 is 5.32 Å². The van der Waals surface area contributed by atoms with E-state index >= 15 is 0 Å². The van der Waals surface area contributed by atoms with Crippen LogP contribution in [0.1, 0.15) is 15.2 Å². The average Bonchev–Trinajstić information content (AvgIpc) is 2.60. The number of fused-ring (bicyclic) bond motifs is 1. The van der Waals surface area contributed by atoms with Crippen molar-refractivity contribution in [2.24, 2.45) is 0 Å². The fourth-order valence-electron chi connectivity index (χ4n) is 1.32. The van der Waals surface area contributed by atoms with Crippen molar-refractivity contribution in [3.05, 3.63) is 21.9 Å². The third-order valence-corrected chi connectivity index (χ3v) is 3.66. The summed E-state index contributed by atoms with van der Waals surface area (Å²) in [5, 5.41) is 5.23. The van der Waals surface area contributed by atoms with E-state index in [1.165, 1.54) is 18.4 Å². The summed E-state index contributed by atoms with van der Waals surface area (Å²) < 4.78 is 4.65. The summed E-state index contributed by atoms with van der Waals surface area (Å²) in [6, 6.07) is 0. The number of carbonyl (C=O) groups excluding carboxylic acids is 1. The van der Waals surface area contributed by atoms with E-state index < -0.39 is 11.5 Å². The molecule has 3 nitrogen and oxygen atoms in total. The van der Waals surface area contributed by atoms with Gasteiger partial charge < -0.3 is 10.1 Å². The summed E-state index contributed by atoms with van der Waals surface area (Å²) in [4.78, 5) is 12.2. The van der Waals surface area contributed by atoms with Gasteiger partial charge in [-0.25, -0.2) is 4.79 Å². The molecule has 1 aliphatic heterocycles. The molecule has 1 aromatic rings. The quantitative estimate of drug-likeness (QED) is 0.481. The van der Waals surface area contributed by atoms with Gasteiger partial charge in [0.05, 0.1) is 28.3 Å². The number of esters is 1. The van der Waals surface area contributed by atoms with E-state index in [4.69, 9.17) is 23.2 Å². The molecule has 1 aromatic heterocycles. The summed E-state index contributed by atoms with van der Waals surface area (Å²) >= 11 is 13.3. The van der Waals surface area contributed by atoms with Crippen LogP contribution in [-0.2, 0) is 4.74 Å². The molecule has 0 radical (unpaired) electrons. The molecule has 0 saturated carbocycles. The topological polar surface area (TPSA) is 38.3 Å². The number of alkyl halides is 1. The summed E-state index contributed by atoms with van der Waals surface area (Å²) in [6.45, 7) is 0. The summed E-state index contributed by atoms with van der Waals surface area (Å²) in [5.74, 6) is -0.393.